The third-order valence-electron chi connectivity index (χ3n) is 2.97. The lowest BCUT2D eigenvalue weighted by Gasteiger charge is -2.16. The Morgan fingerprint density at radius 2 is 2.20 bits per heavy atom. The van der Waals surface area contributed by atoms with E-state index in [1.54, 1.807) is 14.0 Å². The van der Waals surface area contributed by atoms with Crippen LogP contribution in [0.3, 0.4) is 0 Å². The minimum Gasteiger partial charge on any atom is -0.495 e. The van der Waals surface area contributed by atoms with Crippen molar-refractivity contribution in [2.75, 3.05) is 7.11 Å². The molecule has 1 aliphatic carbocycles. The number of aliphatic hydroxyl groups is 1. The fraction of sp³-hybridized carbons (Fsp3) is 0.500. The minimum absolute atomic E-state index is 0.484. The third-order valence-corrected chi connectivity index (χ3v) is 3.81. The lowest BCUT2D eigenvalue weighted by Crippen LogP contribution is -2.00. The van der Waals surface area contributed by atoms with Crippen LogP contribution in [0.15, 0.2) is 10.5 Å². The number of rotatable bonds is 2. The molecule has 3 heteroatoms. The molecule has 0 saturated heterocycles. The van der Waals surface area contributed by atoms with E-state index in [1.807, 2.05) is 0 Å². The normalized spacial score (nSPS) is 16.3. The van der Waals surface area contributed by atoms with Crippen LogP contribution in [-0.2, 0) is 12.8 Å². The van der Waals surface area contributed by atoms with Crippen molar-refractivity contribution in [1.82, 2.24) is 0 Å². The number of aryl methyl sites for hydroxylation is 1. The van der Waals surface area contributed by atoms with Crippen molar-refractivity contribution in [3.8, 4) is 5.75 Å². The molecule has 0 amide bonds. The van der Waals surface area contributed by atoms with Gasteiger partial charge in [-0.1, -0.05) is 0 Å². The van der Waals surface area contributed by atoms with Gasteiger partial charge in [0.1, 0.15) is 5.75 Å². The molecule has 0 bridgehead atoms. The van der Waals surface area contributed by atoms with Gasteiger partial charge in [-0.2, -0.15) is 0 Å². The molecule has 1 atom stereocenters. The lowest BCUT2D eigenvalue weighted by molar-refractivity contribution is 0.194. The molecule has 1 aliphatic rings. The van der Waals surface area contributed by atoms with Gasteiger partial charge in [-0.05, 0) is 59.3 Å². The molecule has 0 fully saturated rings. The van der Waals surface area contributed by atoms with Crippen molar-refractivity contribution in [2.45, 2.75) is 32.3 Å². The van der Waals surface area contributed by atoms with E-state index in [0.29, 0.717) is 0 Å². The van der Waals surface area contributed by atoms with E-state index in [-0.39, 0.29) is 0 Å². The molecule has 0 radical (unpaired) electrons. The Labute approximate surface area is 98.4 Å². The summed E-state index contributed by atoms with van der Waals surface area (Å²) in [6.45, 7) is 1.77. The Morgan fingerprint density at radius 3 is 2.80 bits per heavy atom. The summed E-state index contributed by atoms with van der Waals surface area (Å²) in [6.07, 6.45) is 2.92. The maximum absolute atomic E-state index is 9.69. The van der Waals surface area contributed by atoms with Crippen LogP contribution in [0, 0.1) is 0 Å². The average Bonchev–Trinajstić information content (AvgIpc) is 2.65. The van der Waals surface area contributed by atoms with Crippen molar-refractivity contribution in [2.24, 2.45) is 0 Å². The van der Waals surface area contributed by atoms with Gasteiger partial charge >= 0.3 is 0 Å². The first-order valence-corrected chi connectivity index (χ1v) is 6.00. The van der Waals surface area contributed by atoms with E-state index in [0.717, 1.165) is 28.6 Å². The highest BCUT2D eigenvalue weighted by atomic mass is 79.9. The zero-order valence-electron chi connectivity index (χ0n) is 9.01. The van der Waals surface area contributed by atoms with Gasteiger partial charge < -0.3 is 9.84 Å². The topological polar surface area (TPSA) is 29.5 Å². The van der Waals surface area contributed by atoms with Crippen LogP contribution in [0.25, 0.3) is 0 Å². The zero-order chi connectivity index (χ0) is 11.0. The van der Waals surface area contributed by atoms with Crippen LogP contribution in [-0.4, -0.2) is 12.2 Å². The number of hydrogen-bond donors (Lipinski definition) is 1. The molecule has 15 heavy (non-hydrogen) atoms. The number of ether oxygens (including phenoxy) is 1. The van der Waals surface area contributed by atoms with Gasteiger partial charge in [0.05, 0.1) is 17.7 Å². The number of methoxy groups -OCH3 is 1. The maximum Gasteiger partial charge on any atom is 0.139 e. The van der Waals surface area contributed by atoms with Gasteiger partial charge in [0, 0.05) is 5.56 Å². The van der Waals surface area contributed by atoms with Crippen LogP contribution in [0.2, 0.25) is 0 Å². The summed E-state index contributed by atoms with van der Waals surface area (Å²) in [7, 11) is 1.65. The summed E-state index contributed by atoms with van der Waals surface area (Å²) < 4.78 is 6.38. The van der Waals surface area contributed by atoms with E-state index < -0.39 is 6.10 Å². The van der Waals surface area contributed by atoms with E-state index in [4.69, 9.17) is 4.74 Å². The monoisotopic (exact) mass is 270 g/mol. The van der Waals surface area contributed by atoms with E-state index in [9.17, 15) is 5.11 Å². The lowest BCUT2D eigenvalue weighted by atomic mass is 10.0. The summed E-state index contributed by atoms with van der Waals surface area (Å²) in [6, 6.07) is 2.08. The van der Waals surface area contributed by atoms with E-state index >= 15 is 0 Å². The summed E-state index contributed by atoms with van der Waals surface area (Å²) in [5.74, 6) is 0.783. The summed E-state index contributed by atoms with van der Waals surface area (Å²) in [5, 5.41) is 9.69. The Morgan fingerprint density at radius 1 is 1.47 bits per heavy atom. The third kappa shape index (κ3) is 1.79. The smallest absolute Gasteiger partial charge is 0.139 e. The maximum atomic E-state index is 9.69. The SMILES string of the molecule is COc1c(C(C)O)cc2c(c1Br)CCC2. The van der Waals surface area contributed by atoms with Crippen molar-refractivity contribution in [3.63, 3.8) is 0 Å². The quantitative estimate of drug-likeness (QED) is 0.896. The first kappa shape index (κ1) is 11.0. The Kier molecular flexibility index (Phi) is 3.03. The van der Waals surface area contributed by atoms with Gasteiger partial charge in [0.2, 0.25) is 0 Å². The summed E-state index contributed by atoms with van der Waals surface area (Å²) in [5.41, 5.74) is 3.57. The van der Waals surface area contributed by atoms with Gasteiger partial charge in [-0.15, -0.1) is 0 Å². The van der Waals surface area contributed by atoms with Crippen LogP contribution < -0.4 is 4.74 Å². The second-order valence-corrected chi connectivity index (χ2v) is 4.77. The molecule has 0 spiro atoms. The molecule has 2 nitrogen and oxygen atoms in total. The first-order valence-electron chi connectivity index (χ1n) is 5.21. The zero-order valence-corrected chi connectivity index (χ0v) is 10.6. The van der Waals surface area contributed by atoms with Crippen molar-refractivity contribution >= 4 is 15.9 Å². The minimum atomic E-state index is -0.484. The molecule has 0 aromatic heterocycles. The largest absolute Gasteiger partial charge is 0.495 e. The number of aliphatic hydroxyl groups excluding tert-OH is 1. The van der Waals surface area contributed by atoms with E-state index in [1.165, 1.54) is 17.5 Å². The highest BCUT2D eigenvalue weighted by Gasteiger charge is 2.22. The predicted molar refractivity (Wildman–Crippen MR) is 63.4 cm³/mol. The van der Waals surface area contributed by atoms with Crippen LogP contribution in [0.1, 0.15) is 36.1 Å². The number of benzene rings is 1. The highest BCUT2D eigenvalue weighted by Crippen LogP contribution is 2.41. The first-order chi connectivity index (χ1) is 7.15. The number of hydrogen-bond acceptors (Lipinski definition) is 2. The molecular weight excluding hydrogens is 256 g/mol. The summed E-state index contributed by atoms with van der Waals surface area (Å²) in [4.78, 5) is 0. The van der Waals surface area contributed by atoms with Crippen LogP contribution in [0.4, 0.5) is 0 Å². The molecular formula is C12H15BrO2. The fourth-order valence-corrected chi connectivity index (χ4v) is 3.06. The second kappa shape index (κ2) is 4.14. The molecule has 0 aliphatic heterocycles. The molecule has 0 heterocycles. The molecule has 1 aromatic carbocycles. The molecule has 1 N–H and O–H groups in total. The molecule has 82 valence electrons. The Balaban J connectivity index is 2.61. The Hall–Kier alpha value is -0.540. The number of fused-ring (bicyclic) bond motifs is 1. The van der Waals surface area contributed by atoms with Gasteiger partial charge in [0.25, 0.3) is 0 Å². The summed E-state index contributed by atoms with van der Waals surface area (Å²) >= 11 is 3.58. The van der Waals surface area contributed by atoms with Crippen molar-refractivity contribution in [1.29, 1.82) is 0 Å². The standard InChI is InChI=1S/C12H15BrO2/c1-7(14)10-6-8-4-3-5-9(8)11(13)12(10)15-2/h6-7,14H,3-5H2,1-2H3. The molecule has 0 saturated carbocycles. The fourth-order valence-electron chi connectivity index (χ4n) is 2.21. The molecule has 1 unspecified atom stereocenters. The van der Waals surface area contributed by atoms with Gasteiger partial charge in [-0.25, -0.2) is 0 Å². The van der Waals surface area contributed by atoms with Crippen molar-refractivity contribution in [3.05, 3.63) is 27.2 Å². The van der Waals surface area contributed by atoms with Crippen LogP contribution >= 0.6 is 15.9 Å². The van der Waals surface area contributed by atoms with E-state index in [2.05, 4.69) is 22.0 Å². The van der Waals surface area contributed by atoms with Crippen LogP contribution in [0.5, 0.6) is 5.75 Å². The highest BCUT2D eigenvalue weighted by molar-refractivity contribution is 9.10. The average molecular weight is 271 g/mol. The molecule has 1 aromatic rings. The predicted octanol–water partition coefficient (Wildman–Crippen LogP) is 3.00. The van der Waals surface area contributed by atoms with Gasteiger partial charge in [-0.3, -0.25) is 0 Å². The Bertz CT molecular complexity index is 386. The second-order valence-electron chi connectivity index (χ2n) is 3.98. The van der Waals surface area contributed by atoms with Crippen molar-refractivity contribution < 1.29 is 9.84 Å². The molecule has 2 rings (SSSR count). The van der Waals surface area contributed by atoms with Gasteiger partial charge in [0.15, 0.2) is 0 Å². The number of halogens is 1.